The van der Waals surface area contributed by atoms with Crippen LogP contribution in [0.5, 0.6) is 0 Å². The molecule has 5 heteroatoms. The van der Waals surface area contributed by atoms with E-state index >= 15 is 0 Å². The van der Waals surface area contributed by atoms with Gasteiger partial charge in [0.2, 0.25) is 0 Å². The lowest BCUT2D eigenvalue weighted by molar-refractivity contribution is -0.143. The van der Waals surface area contributed by atoms with Gasteiger partial charge in [-0.2, -0.15) is 0 Å². The summed E-state index contributed by atoms with van der Waals surface area (Å²) in [4.78, 5) is 14.6. The fourth-order valence-electron chi connectivity index (χ4n) is 3.77. The second-order valence-electron chi connectivity index (χ2n) is 5.95. The molecule has 3 aliphatic heterocycles. The molecular formula is C13H20BrN3O. The molecule has 3 aliphatic rings. The first-order chi connectivity index (χ1) is 8.56. The van der Waals surface area contributed by atoms with E-state index in [0.29, 0.717) is 11.8 Å². The lowest BCUT2D eigenvalue weighted by Gasteiger charge is -2.57. The molecule has 18 heavy (non-hydrogen) atoms. The minimum Gasteiger partial charge on any atom is -0.390 e. The molecule has 2 N–H and O–H groups in total. The second kappa shape index (κ2) is 4.23. The molecule has 100 valence electrons. The van der Waals surface area contributed by atoms with E-state index in [0.717, 1.165) is 36.2 Å². The predicted molar refractivity (Wildman–Crippen MR) is 74.2 cm³/mol. The Morgan fingerprint density at radius 1 is 1.50 bits per heavy atom. The van der Waals surface area contributed by atoms with E-state index in [1.807, 2.05) is 7.05 Å². The number of amides is 1. The minimum absolute atomic E-state index is 0.0311. The summed E-state index contributed by atoms with van der Waals surface area (Å²) in [7, 11) is 1.90. The van der Waals surface area contributed by atoms with E-state index in [4.69, 9.17) is 0 Å². The highest BCUT2D eigenvalue weighted by atomic mass is 79.9. The lowest BCUT2D eigenvalue weighted by Crippen LogP contribution is -2.66. The largest absolute Gasteiger partial charge is 0.390 e. The van der Waals surface area contributed by atoms with Crippen LogP contribution in [-0.4, -0.2) is 43.0 Å². The maximum Gasteiger partial charge on any atom is 0.263 e. The molecule has 3 atom stereocenters. The Bertz CT molecular complexity index is 422. The fourth-order valence-corrected chi connectivity index (χ4v) is 4.32. The summed E-state index contributed by atoms with van der Waals surface area (Å²) < 4.78 is 0.718. The fraction of sp³-hybridized carbons (Fsp3) is 0.769. The summed E-state index contributed by atoms with van der Waals surface area (Å²) in [5.74, 6) is 1.35. The number of carbonyl (C=O) groups excluding carboxylic acids is 1. The van der Waals surface area contributed by atoms with Gasteiger partial charge in [-0.25, -0.2) is 0 Å². The Balaban J connectivity index is 2.01. The van der Waals surface area contributed by atoms with Gasteiger partial charge >= 0.3 is 0 Å². The summed E-state index contributed by atoms with van der Waals surface area (Å²) in [5.41, 5.74) is 1.01. The van der Waals surface area contributed by atoms with Crippen molar-refractivity contribution < 1.29 is 4.79 Å². The van der Waals surface area contributed by atoms with Gasteiger partial charge in [-0.3, -0.25) is 4.79 Å². The van der Waals surface area contributed by atoms with Gasteiger partial charge in [-0.1, -0.05) is 0 Å². The van der Waals surface area contributed by atoms with Crippen LogP contribution < -0.4 is 10.6 Å². The number of hydrogen-bond acceptors (Lipinski definition) is 3. The number of piperidine rings is 2. The molecule has 2 bridgehead atoms. The van der Waals surface area contributed by atoms with Crippen LogP contribution in [0.1, 0.15) is 19.8 Å². The Morgan fingerprint density at radius 3 is 3.00 bits per heavy atom. The number of halogens is 1. The molecule has 3 unspecified atom stereocenters. The molecule has 0 aromatic carbocycles. The first kappa shape index (κ1) is 12.5. The lowest BCUT2D eigenvalue weighted by atomic mass is 9.68. The molecular weight excluding hydrogens is 294 g/mol. The summed E-state index contributed by atoms with van der Waals surface area (Å²) in [5, 5.41) is 6.70. The van der Waals surface area contributed by atoms with E-state index < -0.39 is 0 Å². The van der Waals surface area contributed by atoms with Crippen LogP contribution in [0, 0.1) is 11.8 Å². The van der Waals surface area contributed by atoms with Gasteiger partial charge in [-0.15, -0.1) is 0 Å². The summed E-state index contributed by atoms with van der Waals surface area (Å²) in [6.07, 6.45) is 2.18. The van der Waals surface area contributed by atoms with E-state index in [-0.39, 0.29) is 11.4 Å². The van der Waals surface area contributed by atoms with Gasteiger partial charge in [0.05, 0.1) is 0 Å². The zero-order chi connectivity index (χ0) is 12.9. The number of carbonyl (C=O) groups is 1. The van der Waals surface area contributed by atoms with Gasteiger partial charge < -0.3 is 15.5 Å². The normalized spacial score (nSPS) is 39.7. The first-order valence-corrected chi connectivity index (χ1v) is 7.44. The molecule has 0 radical (unpaired) electrons. The molecule has 4 nitrogen and oxygen atoms in total. The topological polar surface area (TPSA) is 44.4 Å². The molecule has 0 aliphatic carbocycles. The summed E-state index contributed by atoms with van der Waals surface area (Å²) in [6.45, 7) is 5.22. The maximum absolute atomic E-state index is 12.5. The molecule has 3 heterocycles. The molecule has 3 rings (SSSR count). The van der Waals surface area contributed by atoms with Crippen molar-refractivity contribution >= 4 is 21.8 Å². The van der Waals surface area contributed by atoms with Crippen molar-refractivity contribution in [3.63, 3.8) is 0 Å². The zero-order valence-electron chi connectivity index (χ0n) is 10.9. The minimum atomic E-state index is -0.0311. The Morgan fingerprint density at radius 2 is 2.28 bits per heavy atom. The van der Waals surface area contributed by atoms with Gasteiger partial charge in [0.1, 0.15) is 4.48 Å². The average molecular weight is 314 g/mol. The number of hydrogen-bond donors (Lipinski definition) is 2. The number of fused-ring (bicyclic) bond motifs is 4. The van der Waals surface area contributed by atoms with Crippen LogP contribution in [0.15, 0.2) is 10.2 Å². The quantitative estimate of drug-likeness (QED) is 0.760. The first-order valence-electron chi connectivity index (χ1n) is 6.65. The van der Waals surface area contributed by atoms with Crippen molar-refractivity contribution in [2.75, 3.05) is 26.7 Å². The van der Waals surface area contributed by atoms with Crippen molar-refractivity contribution in [1.29, 1.82) is 0 Å². The highest BCUT2D eigenvalue weighted by Gasteiger charge is 2.51. The van der Waals surface area contributed by atoms with Crippen molar-refractivity contribution in [2.45, 2.75) is 25.3 Å². The third-order valence-electron chi connectivity index (χ3n) is 4.91. The van der Waals surface area contributed by atoms with Crippen molar-refractivity contribution in [3.8, 4) is 0 Å². The van der Waals surface area contributed by atoms with Crippen LogP contribution in [0.2, 0.25) is 0 Å². The SMILES string of the molecule is CNC1=C(Br)C(=O)N2CC3CNCC(C3)C2(C)C1. The van der Waals surface area contributed by atoms with E-state index in [1.165, 1.54) is 6.42 Å². The third kappa shape index (κ3) is 1.63. The van der Waals surface area contributed by atoms with Gasteiger partial charge in [0, 0.05) is 37.8 Å². The highest BCUT2D eigenvalue weighted by molar-refractivity contribution is 9.12. The number of rotatable bonds is 1. The van der Waals surface area contributed by atoms with Crippen LogP contribution in [0.3, 0.4) is 0 Å². The Labute approximate surface area is 116 Å². The summed E-state index contributed by atoms with van der Waals surface area (Å²) in [6, 6.07) is 0. The van der Waals surface area contributed by atoms with Crippen LogP contribution in [0.25, 0.3) is 0 Å². The maximum atomic E-state index is 12.5. The smallest absolute Gasteiger partial charge is 0.263 e. The van der Waals surface area contributed by atoms with Gasteiger partial charge in [0.25, 0.3) is 5.91 Å². The van der Waals surface area contributed by atoms with Crippen LogP contribution in [0.4, 0.5) is 0 Å². The highest BCUT2D eigenvalue weighted by Crippen LogP contribution is 2.45. The number of nitrogens with one attached hydrogen (secondary N) is 2. The summed E-state index contributed by atoms with van der Waals surface area (Å²) >= 11 is 3.46. The third-order valence-corrected chi connectivity index (χ3v) is 5.73. The molecule has 0 spiro atoms. The molecule has 1 amide bonds. The molecule has 2 saturated heterocycles. The molecule has 0 aromatic rings. The monoisotopic (exact) mass is 313 g/mol. The van der Waals surface area contributed by atoms with Crippen molar-refractivity contribution in [1.82, 2.24) is 15.5 Å². The van der Waals surface area contributed by atoms with Crippen LogP contribution >= 0.6 is 15.9 Å². The standard InChI is InChI=1S/C13H20BrN3O/c1-13-4-10(15-2)11(14)12(18)17(13)7-8-3-9(13)6-16-5-8/h8-9,15-16H,3-7H2,1-2H3. The van der Waals surface area contributed by atoms with Crippen molar-refractivity contribution in [3.05, 3.63) is 10.2 Å². The molecule has 2 fully saturated rings. The van der Waals surface area contributed by atoms with Gasteiger partial charge in [-0.05, 0) is 47.7 Å². The van der Waals surface area contributed by atoms with E-state index in [2.05, 4.69) is 38.4 Å². The molecule has 0 saturated carbocycles. The second-order valence-corrected chi connectivity index (χ2v) is 6.74. The van der Waals surface area contributed by atoms with E-state index in [9.17, 15) is 4.79 Å². The van der Waals surface area contributed by atoms with E-state index in [1.54, 1.807) is 0 Å². The molecule has 0 aromatic heterocycles. The van der Waals surface area contributed by atoms with Crippen LogP contribution in [-0.2, 0) is 4.79 Å². The Hall–Kier alpha value is -0.550. The average Bonchev–Trinajstić information content (AvgIpc) is 2.38. The zero-order valence-corrected chi connectivity index (χ0v) is 12.5. The predicted octanol–water partition coefficient (Wildman–Crippen LogP) is 1.04. The van der Waals surface area contributed by atoms with Gasteiger partial charge in [0.15, 0.2) is 0 Å². The van der Waals surface area contributed by atoms with Crippen molar-refractivity contribution in [2.24, 2.45) is 11.8 Å². The Kier molecular flexibility index (Phi) is 2.94. The number of nitrogens with zero attached hydrogens (tertiary/aromatic N) is 1.